The molecule has 4 aromatic rings. The number of halogens is 3. The molecule has 7 nitrogen and oxygen atoms in total. The molecule has 1 aliphatic rings. The van der Waals surface area contributed by atoms with E-state index in [0.717, 1.165) is 35.5 Å². The van der Waals surface area contributed by atoms with E-state index in [-0.39, 0.29) is 5.89 Å². The van der Waals surface area contributed by atoms with E-state index in [1.807, 2.05) is 22.8 Å². The van der Waals surface area contributed by atoms with Crippen molar-refractivity contribution in [1.82, 2.24) is 29.9 Å². The standard InChI is InChI=1S/C21H17F3N6O/c1-20(2,19-27-18(29-31-19)21(22,23)24)15-8-14(9-25-10-15)12-3-5-16-13(7-12)4-6-17-28-26-11-30(16)17/h3,5,7-11H,4,6H2,1-2H3. The minimum Gasteiger partial charge on any atom is -0.338 e. The van der Waals surface area contributed by atoms with Crippen LogP contribution in [-0.4, -0.2) is 29.9 Å². The predicted octanol–water partition coefficient (Wildman–Crippen LogP) is 4.16. The predicted molar refractivity (Wildman–Crippen MR) is 103 cm³/mol. The van der Waals surface area contributed by atoms with Crippen LogP contribution in [0.25, 0.3) is 16.8 Å². The number of rotatable bonds is 3. The first-order chi connectivity index (χ1) is 14.7. The highest BCUT2D eigenvalue weighted by atomic mass is 19.4. The van der Waals surface area contributed by atoms with E-state index in [9.17, 15) is 13.2 Å². The summed E-state index contributed by atoms with van der Waals surface area (Å²) in [4.78, 5) is 7.87. The van der Waals surface area contributed by atoms with Gasteiger partial charge in [-0.3, -0.25) is 9.55 Å². The van der Waals surface area contributed by atoms with Gasteiger partial charge in [0, 0.05) is 24.4 Å². The Hall–Kier alpha value is -3.56. The van der Waals surface area contributed by atoms with Crippen LogP contribution in [0, 0.1) is 0 Å². The fourth-order valence-electron chi connectivity index (χ4n) is 3.73. The summed E-state index contributed by atoms with van der Waals surface area (Å²) < 4.78 is 45.6. The van der Waals surface area contributed by atoms with Crippen LogP contribution in [-0.2, 0) is 24.4 Å². The van der Waals surface area contributed by atoms with Crippen molar-refractivity contribution in [3.63, 3.8) is 0 Å². The van der Waals surface area contributed by atoms with Crippen molar-refractivity contribution in [3.05, 3.63) is 71.7 Å². The summed E-state index contributed by atoms with van der Waals surface area (Å²) in [7, 11) is 0. The first kappa shape index (κ1) is 19.4. The van der Waals surface area contributed by atoms with Crippen LogP contribution in [0.3, 0.4) is 0 Å². The lowest BCUT2D eigenvalue weighted by Crippen LogP contribution is -2.20. The maximum Gasteiger partial charge on any atom is 0.455 e. The average Bonchev–Trinajstić information content (AvgIpc) is 3.43. The van der Waals surface area contributed by atoms with Gasteiger partial charge < -0.3 is 4.52 Å². The largest absolute Gasteiger partial charge is 0.455 e. The molecule has 0 unspecified atom stereocenters. The fourth-order valence-corrected chi connectivity index (χ4v) is 3.73. The second-order valence-corrected chi connectivity index (χ2v) is 7.97. The first-order valence-electron chi connectivity index (χ1n) is 9.63. The molecule has 0 aliphatic carbocycles. The van der Waals surface area contributed by atoms with E-state index in [0.29, 0.717) is 5.56 Å². The summed E-state index contributed by atoms with van der Waals surface area (Å²) in [6.07, 6.45) is 2.03. The normalized spacial score (nSPS) is 13.7. The smallest absolute Gasteiger partial charge is 0.338 e. The van der Waals surface area contributed by atoms with Crippen molar-refractivity contribution in [2.75, 3.05) is 0 Å². The Labute approximate surface area is 175 Å². The van der Waals surface area contributed by atoms with Crippen molar-refractivity contribution in [3.8, 4) is 16.8 Å². The topological polar surface area (TPSA) is 82.5 Å². The minimum absolute atomic E-state index is 0.121. The van der Waals surface area contributed by atoms with Crippen LogP contribution < -0.4 is 0 Å². The van der Waals surface area contributed by atoms with Gasteiger partial charge in [-0.25, -0.2) is 0 Å². The molecule has 0 fully saturated rings. The van der Waals surface area contributed by atoms with E-state index < -0.39 is 17.4 Å². The fraction of sp³-hybridized carbons (Fsp3) is 0.286. The molecular weight excluding hydrogens is 409 g/mol. The Morgan fingerprint density at radius 1 is 1.03 bits per heavy atom. The Bertz CT molecular complexity index is 1270. The van der Waals surface area contributed by atoms with Crippen LogP contribution in [0.15, 0.2) is 47.5 Å². The summed E-state index contributed by atoms with van der Waals surface area (Å²) in [6, 6.07) is 7.98. The second-order valence-electron chi connectivity index (χ2n) is 7.97. The number of benzene rings is 1. The van der Waals surface area contributed by atoms with Gasteiger partial charge in [-0.15, -0.1) is 10.2 Å². The highest BCUT2D eigenvalue weighted by Gasteiger charge is 2.40. The first-order valence-corrected chi connectivity index (χ1v) is 9.63. The molecule has 0 N–H and O–H groups in total. The third kappa shape index (κ3) is 3.28. The van der Waals surface area contributed by atoms with E-state index in [1.54, 1.807) is 32.6 Å². The molecule has 0 spiro atoms. The molecular formula is C21H17F3N6O. The number of nitrogens with zero attached hydrogens (tertiary/aromatic N) is 6. The van der Waals surface area contributed by atoms with Crippen molar-refractivity contribution < 1.29 is 17.7 Å². The number of alkyl halides is 3. The summed E-state index contributed by atoms with van der Waals surface area (Å²) in [6.45, 7) is 3.45. The van der Waals surface area contributed by atoms with E-state index >= 15 is 0 Å². The number of aryl methyl sites for hydroxylation is 2. The molecule has 0 radical (unpaired) electrons. The van der Waals surface area contributed by atoms with E-state index in [4.69, 9.17) is 4.52 Å². The number of fused-ring (bicyclic) bond motifs is 3. The molecule has 31 heavy (non-hydrogen) atoms. The summed E-state index contributed by atoms with van der Waals surface area (Å²) in [5.74, 6) is -0.476. The molecule has 1 aromatic carbocycles. The molecule has 1 aliphatic heterocycles. The van der Waals surface area contributed by atoms with Crippen LogP contribution in [0.2, 0.25) is 0 Å². The summed E-state index contributed by atoms with van der Waals surface area (Å²) in [5, 5.41) is 11.2. The third-order valence-corrected chi connectivity index (χ3v) is 5.58. The SMILES string of the molecule is CC(C)(c1cncc(-c2ccc3c(c2)CCc2nncn2-3)c1)c1nc(C(F)(F)F)no1. The highest BCUT2D eigenvalue weighted by molar-refractivity contribution is 5.67. The van der Waals surface area contributed by atoms with Gasteiger partial charge in [-0.2, -0.15) is 18.2 Å². The Morgan fingerprint density at radius 3 is 2.65 bits per heavy atom. The van der Waals surface area contributed by atoms with Crippen LogP contribution >= 0.6 is 0 Å². The highest BCUT2D eigenvalue weighted by Crippen LogP contribution is 2.35. The van der Waals surface area contributed by atoms with Gasteiger partial charge >= 0.3 is 6.18 Å². The number of hydrogen-bond donors (Lipinski definition) is 0. The van der Waals surface area contributed by atoms with Crippen LogP contribution in [0.5, 0.6) is 0 Å². The molecule has 0 saturated heterocycles. The van der Waals surface area contributed by atoms with Gasteiger partial charge in [0.25, 0.3) is 5.82 Å². The van der Waals surface area contributed by atoms with Crippen molar-refractivity contribution in [2.45, 2.75) is 38.3 Å². The number of hydrogen-bond acceptors (Lipinski definition) is 6. The monoisotopic (exact) mass is 426 g/mol. The van der Waals surface area contributed by atoms with E-state index in [1.165, 1.54) is 5.56 Å². The molecule has 3 aromatic heterocycles. The molecule has 5 rings (SSSR count). The Kier molecular flexibility index (Phi) is 4.21. The molecule has 0 bridgehead atoms. The van der Waals surface area contributed by atoms with Crippen molar-refractivity contribution >= 4 is 0 Å². The zero-order valence-electron chi connectivity index (χ0n) is 16.7. The van der Waals surface area contributed by atoms with Gasteiger partial charge in [0.15, 0.2) is 0 Å². The third-order valence-electron chi connectivity index (χ3n) is 5.58. The maximum absolute atomic E-state index is 12.9. The van der Waals surface area contributed by atoms with Gasteiger partial charge in [0.2, 0.25) is 5.89 Å². The summed E-state index contributed by atoms with van der Waals surface area (Å²) in [5.41, 5.74) is 3.73. The Morgan fingerprint density at radius 2 is 1.87 bits per heavy atom. The van der Waals surface area contributed by atoms with Crippen LogP contribution in [0.4, 0.5) is 13.2 Å². The zero-order chi connectivity index (χ0) is 21.8. The average molecular weight is 426 g/mol. The number of pyridine rings is 1. The molecule has 10 heteroatoms. The molecule has 158 valence electrons. The maximum atomic E-state index is 12.9. The Balaban J connectivity index is 1.50. The molecule has 0 amide bonds. The van der Waals surface area contributed by atoms with Gasteiger partial charge in [0.1, 0.15) is 12.2 Å². The summed E-state index contributed by atoms with van der Waals surface area (Å²) >= 11 is 0. The van der Waals surface area contributed by atoms with E-state index in [2.05, 4.69) is 31.4 Å². The van der Waals surface area contributed by atoms with Crippen molar-refractivity contribution in [2.24, 2.45) is 0 Å². The second kappa shape index (κ2) is 6.73. The zero-order valence-corrected chi connectivity index (χ0v) is 16.7. The lowest BCUT2D eigenvalue weighted by Gasteiger charge is -2.21. The molecule has 0 atom stereocenters. The van der Waals surface area contributed by atoms with Gasteiger partial charge in [-0.05, 0) is 55.2 Å². The lowest BCUT2D eigenvalue weighted by atomic mass is 9.84. The van der Waals surface area contributed by atoms with Crippen LogP contribution in [0.1, 0.15) is 42.5 Å². The number of aromatic nitrogens is 6. The lowest BCUT2D eigenvalue weighted by molar-refractivity contribution is -0.146. The quantitative estimate of drug-likeness (QED) is 0.489. The van der Waals surface area contributed by atoms with Gasteiger partial charge in [0.05, 0.1) is 11.1 Å². The molecule has 0 saturated carbocycles. The molecule has 4 heterocycles. The van der Waals surface area contributed by atoms with Crippen molar-refractivity contribution in [1.29, 1.82) is 0 Å². The van der Waals surface area contributed by atoms with Gasteiger partial charge in [-0.1, -0.05) is 11.2 Å². The minimum atomic E-state index is -4.66.